The topological polar surface area (TPSA) is 40.7 Å². The van der Waals surface area contributed by atoms with Crippen LogP contribution in [0.5, 0.6) is 17.2 Å². The molecule has 0 fully saturated rings. The normalized spacial score (nSPS) is 10.7. The molecule has 0 aliphatic heterocycles. The zero-order valence-corrected chi connectivity index (χ0v) is 36.0. The fraction of sp³-hybridized carbons (Fsp3) is 0.0526. The second kappa shape index (κ2) is 19.1. The van der Waals surface area contributed by atoms with Crippen LogP contribution in [0.15, 0.2) is 237 Å². The van der Waals surface area contributed by atoms with Gasteiger partial charge in [-0.2, -0.15) is 0 Å². The quantitative estimate of drug-likeness (QED) is 0.102. The highest BCUT2D eigenvalue weighted by Crippen LogP contribution is 2.44. The highest BCUT2D eigenvalue weighted by molar-refractivity contribution is 5.86. The largest absolute Gasteiger partial charge is 0.497 e. The number of para-hydroxylation sites is 5. The Kier molecular flexibility index (Phi) is 12.2. The van der Waals surface area contributed by atoms with Gasteiger partial charge >= 0.3 is 0 Å². The molecule has 9 aromatic rings. The Labute approximate surface area is 375 Å². The molecular weight excluding hydrogens is 789 g/mol. The molecule has 64 heavy (non-hydrogen) atoms. The van der Waals surface area contributed by atoms with Gasteiger partial charge in [-0.25, -0.2) is 0 Å². The maximum Gasteiger partial charge on any atom is 0.142 e. The molecule has 0 aromatic heterocycles. The van der Waals surface area contributed by atoms with Crippen molar-refractivity contribution in [3.05, 3.63) is 237 Å². The molecule has 7 heteroatoms. The maximum absolute atomic E-state index is 5.87. The van der Waals surface area contributed by atoms with E-state index in [0.717, 1.165) is 85.5 Å². The molecule has 0 bridgehead atoms. The van der Waals surface area contributed by atoms with Crippen molar-refractivity contribution in [2.75, 3.05) is 40.9 Å². The Hall–Kier alpha value is -8.42. The first-order valence-electron chi connectivity index (χ1n) is 21.2. The minimum Gasteiger partial charge on any atom is -0.497 e. The molecule has 314 valence electrons. The average molecular weight is 837 g/mol. The van der Waals surface area contributed by atoms with E-state index in [9.17, 15) is 0 Å². The van der Waals surface area contributed by atoms with Crippen molar-refractivity contribution in [2.24, 2.45) is 0 Å². The summed E-state index contributed by atoms with van der Waals surface area (Å²) in [5.74, 6) is 2.37. The van der Waals surface area contributed by atoms with Gasteiger partial charge in [0.2, 0.25) is 0 Å². The molecule has 0 radical (unpaired) electrons. The van der Waals surface area contributed by atoms with Crippen LogP contribution in [0.25, 0.3) is 0 Å². The first kappa shape index (κ1) is 41.0. The van der Waals surface area contributed by atoms with E-state index in [2.05, 4.69) is 196 Å². The van der Waals surface area contributed by atoms with Crippen molar-refractivity contribution in [3.8, 4) is 17.2 Å². The number of anilines is 12. The maximum atomic E-state index is 5.87. The van der Waals surface area contributed by atoms with Crippen LogP contribution in [-0.4, -0.2) is 21.3 Å². The molecule has 0 aliphatic carbocycles. The summed E-state index contributed by atoms with van der Waals surface area (Å²) >= 11 is 0. The average Bonchev–Trinajstić information content (AvgIpc) is 3.37. The van der Waals surface area contributed by atoms with Crippen LogP contribution in [-0.2, 0) is 0 Å². The zero-order valence-electron chi connectivity index (χ0n) is 36.0. The lowest BCUT2D eigenvalue weighted by atomic mass is 10.1. The zero-order chi connectivity index (χ0) is 43.7. The van der Waals surface area contributed by atoms with Gasteiger partial charge in [-0.3, -0.25) is 0 Å². The monoisotopic (exact) mass is 836 g/mol. The molecule has 0 saturated carbocycles. The van der Waals surface area contributed by atoms with Crippen molar-refractivity contribution in [1.29, 1.82) is 0 Å². The van der Waals surface area contributed by atoms with E-state index in [0.29, 0.717) is 0 Å². The van der Waals surface area contributed by atoms with Crippen LogP contribution in [0.1, 0.15) is 0 Å². The summed E-state index contributed by atoms with van der Waals surface area (Å²) in [6, 6.07) is 81.8. The third kappa shape index (κ3) is 8.69. The van der Waals surface area contributed by atoms with Gasteiger partial charge < -0.3 is 33.8 Å². The molecule has 0 heterocycles. The van der Waals surface area contributed by atoms with Crippen LogP contribution in [0.3, 0.4) is 0 Å². The Morgan fingerprint density at radius 3 is 0.875 bits per heavy atom. The number of hydrogen-bond acceptors (Lipinski definition) is 7. The number of rotatable bonds is 15. The molecular formula is C57H48N4O3. The lowest BCUT2D eigenvalue weighted by molar-refractivity contribution is 0.415. The van der Waals surface area contributed by atoms with Crippen molar-refractivity contribution in [3.63, 3.8) is 0 Å². The minimum absolute atomic E-state index is 0.786. The molecule has 9 aromatic carbocycles. The van der Waals surface area contributed by atoms with Gasteiger partial charge in [0.05, 0.1) is 27.0 Å². The van der Waals surface area contributed by atoms with Crippen LogP contribution in [0.4, 0.5) is 68.2 Å². The van der Waals surface area contributed by atoms with Gasteiger partial charge in [0.25, 0.3) is 0 Å². The highest BCUT2D eigenvalue weighted by atomic mass is 16.5. The summed E-state index contributed by atoms with van der Waals surface area (Å²) in [6.07, 6.45) is 0. The van der Waals surface area contributed by atoms with Gasteiger partial charge in [-0.1, -0.05) is 78.9 Å². The Bertz CT molecular complexity index is 2760. The van der Waals surface area contributed by atoms with Crippen LogP contribution >= 0.6 is 0 Å². The second-order valence-electron chi connectivity index (χ2n) is 15.0. The highest BCUT2D eigenvalue weighted by Gasteiger charge is 2.21. The fourth-order valence-electron chi connectivity index (χ4n) is 8.07. The van der Waals surface area contributed by atoms with Crippen molar-refractivity contribution in [1.82, 2.24) is 0 Å². The second-order valence-corrected chi connectivity index (χ2v) is 15.0. The molecule has 7 nitrogen and oxygen atoms in total. The summed E-state index contributed by atoms with van der Waals surface area (Å²) < 4.78 is 17.2. The summed E-state index contributed by atoms with van der Waals surface area (Å²) in [4.78, 5) is 9.01. The van der Waals surface area contributed by atoms with Gasteiger partial charge in [-0.15, -0.1) is 0 Å². The first-order valence-corrected chi connectivity index (χ1v) is 21.2. The van der Waals surface area contributed by atoms with E-state index in [1.165, 1.54) is 0 Å². The van der Waals surface area contributed by atoms with E-state index in [4.69, 9.17) is 14.2 Å². The van der Waals surface area contributed by atoms with Gasteiger partial charge in [-0.05, 0) is 146 Å². The molecule has 0 unspecified atom stereocenters. The lowest BCUT2D eigenvalue weighted by Gasteiger charge is -2.30. The van der Waals surface area contributed by atoms with E-state index in [-0.39, 0.29) is 0 Å². The molecule has 9 rings (SSSR count). The molecule has 0 saturated heterocycles. The molecule has 0 aliphatic rings. The number of hydrogen-bond donors (Lipinski definition) is 0. The van der Waals surface area contributed by atoms with Crippen LogP contribution < -0.4 is 33.8 Å². The van der Waals surface area contributed by atoms with Crippen LogP contribution in [0.2, 0.25) is 0 Å². The lowest BCUT2D eigenvalue weighted by Crippen LogP contribution is -2.14. The summed E-state index contributed by atoms with van der Waals surface area (Å²) in [5, 5.41) is 0. The fourth-order valence-corrected chi connectivity index (χ4v) is 8.07. The Balaban J connectivity index is 1.14. The standard InChI is InChI=1S/C57H48N4O3/c1-62-54-25-15-23-52(41-54)59(43-17-7-4-8-18-43)49-33-29-46(30-34-49)58(47-31-35-50(36-32-47)60(44-19-9-5-10-20-44)53-24-16-26-55(42-53)63-2)48-37-39-51(40-38-48)61(45-21-11-6-12-22-45)56-27-13-14-28-57(56)64-3/h4-42H,1-3H3. The van der Waals surface area contributed by atoms with Gasteiger partial charge in [0.1, 0.15) is 17.2 Å². The predicted octanol–water partition coefficient (Wildman–Crippen LogP) is 15.6. The summed E-state index contributed by atoms with van der Waals surface area (Å²) in [7, 11) is 5.11. The Morgan fingerprint density at radius 1 is 0.234 bits per heavy atom. The summed E-state index contributed by atoms with van der Waals surface area (Å²) in [6.45, 7) is 0. The van der Waals surface area contributed by atoms with E-state index in [1.807, 2.05) is 60.7 Å². The molecule has 0 N–H and O–H groups in total. The summed E-state index contributed by atoms with van der Waals surface area (Å²) in [5.41, 5.74) is 12.1. The van der Waals surface area contributed by atoms with Crippen molar-refractivity contribution < 1.29 is 14.2 Å². The van der Waals surface area contributed by atoms with Crippen LogP contribution in [0, 0.1) is 0 Å². The third-order valence-electron chi connectivity index (χ3n) is 11.1. The number of ether oxygens (including phenoxy) is 3. The van der Waals surface area contributed by atoms with E-state index in [1.54, 1.807) is 21.3 Å². The SMILES string of the molecule is COc1cccc(N(c2ccccc2)c2ccc(N(c3ccc(N(c4ccccc4)c4cccc(OC)c4)cc3)c3ccc(N(c4ccccc4)c4ccccc4OC)cc3)cc2)c1. The Morgan fingerprint density at radius 2 is 0.516 bits per heavy atom. The molecule has 0 amide bonds. The van der Waals surface area contributed by atoms with Crippen molar-refractivity contribution >= 4 is 68.2 Å². The number of nitrogens with zero attached hydrogens (tertiary/aromatic N) is 4. The van der Waals surface area contributed by atoms with E-state index < -0.39 is 0 Å². The van der Waals surface area contributed by atoms with Crippen molar-refractivity contribution in [2.45, 2.75) is 0 Å². The molecule has 0 atom stereocenters. The smallest absolute Gasteiger partial charge is 0.142 e. The van der Waals surface area contributed by atoms with Gasteiger partial charge in [0.15, 0.2) is 0 Å². The molecule has 0 spiro atoms. The third-order valence-corrected chi connectivity index (χ3v) is 11.1. The number of benzene rings is 9. The number of methoxy groups -OCH3 is 3. The first-order chi connectivity index (χ1) is 31.6. The van der Waals surface area contributed by atoms with E-state index >= 15 is 0 Å². The minimum atomic E-state index is 0.786. The van der Waals surface area contributed by atoms with Gasteiger partial charge in [0, 0.05) is 74.7 Å². The predicted molar refractivity (Wildman–Crippen MR) is 265 cm³/mol.